The molecule has 2 aliphatic rings. The van der Waals surface area contributed by atoms with Gasteiger partial charge in [-0.25, -0.2) is 4.79 Å². The molecule has 0 bridgehead atoms. The number of nitrogens with zero attached hydrogens (tertiary/aromatic N) is 1. The number of aryl methyl sites for hydroxylation is 2. The predicted octanol–water partition coefficient (Wildman–Crippen LogP) is 2.76. The topological polar surface area (TPSA) is 92.8 Å². The Morgan fingerprint density at radius 3 is 2.48 bits per heavy atom. The lowest BCUT2D eigenvalue weighted by Crippen LogP contribution is -2.41. The predicted molar refractivity (Wildman–Crippen MR) is 112 cm³/mol. The maximum absolute atomic E-state index is 12.8. The molecule has 1 aliphatic heterocycles. The zero-order valence-corrected chi connectivity index (χ0v) is 17.3. The highest BCUT2D eigenvalue weighted by molar-refractivity contribution is 6.09. The number of carbonyl (C=O) groups excluding carboxylic acids is 4. The molecule has 2 aromatic carbocycles. The van der Waals surface area contributed by atoms with Crippen molar-refractivity contribution in [1.82, 2.24) is 10.2 Å². The lowest BCUT2D eigenvalue weighted by atomic mass is 9.90. The number of amides is 3. The molecule has 1 aliphatic carbocycles. The zero-order chi connectivity index (χ0) is 22.0. The zero-order valence-electron chi connectivity index (χ0n) is 17.3. The molecule has 7 heteroatoms. The summed E-state index contributed by atoms with van der Waals surface area (Å²) in [5.74, 6) is -1.66. The van der Waals surface area contributed by atoms with Crippen LogP contribution in [0.1, 0.15) is 46.8 Å². The summed E-state index contributed by atoms with van der Waals surface area (Å²) in [6, 6.07) is 13.7. The van der Waals surface area contributed by atoms with E-state index in [1.54, 1.807) is 37.3 Å². The molecule has 4 rings (SSSR count). The van der Waals surface area contributed by atoms with Crippen LogP contribution in [0.3, 0.4) is 0 Å². The Morgan fingerprint density at radius 1 is 1.03 bits per heavy atom. The minimum atomic E-state index is -1.25. The number of imide groups is 1. The van der Waals surface area contributed by atoms with Gasteiger partial charge in [-0.2, -0.15) is 0 Å². The van der Waals surface area contributed by atoms with Gasteiger partial charge >= 0.3 is 12.0 Å². The van der Waals surface area contributed by atoms with Crippen LogP contribution in [0, 0.1) is 0 Å². The number of ketones is 1. The number of fused-ring (bicyclic) bond motifs is 1. The van der Waals surface area contributed by atoms with E-state index in [9.17, 15) is 19.2 Å². The third kappa shape index (κ3) is 4.08. The molecular formula is C24H24N2O5. The second-order valence-electron chi connectivity index (χ2n) is 8.09. The lowest BCUT2D eigenvalue weighted by Gasteiger charge is -2.21. The molecule has 31 heavy (non-hydrogen) atoms. The fraction of sp³-hybridized carbons (Fsp3) is 0.333. The molecule has 1 atom stereocenters. The second-order valence-corrected chi connectivity index (χ2v) is 8.09. The van der Waals surface area contributed by atoms with E-state index in [0.29, 0.717) is 11.1 Å². The van der Waals surface area contributed by atoms with Crippen LogP contribution in [0.5, 0.6) is 0 Å². The molecule has 0 aromatic heterocycles. The minimum Gasteiger partial charge on any atom is -0.456 e. The normalized spacial score (nSPS) is 20.2. The summed E-state index contributed by atoms with van der Waals surface area (Å²) in [5, 5.41) is 2.63. The molecule has 7 nitrogen and oxygen atoms in total. The van der Waals surface area contributed by atoms with Crippen LogP contribution in [-0.4, -0.2) is 41.7 Å². The van der Waals surface area contributed by atoms with Gasteiger partial charge in [-0.1, -0.05) is 42.5 Å². The van der Waals surface area contributed by atoms with Gasteiger partial charge in [0.15, 0.2) is 12.4 Å². The van der Waals surface area contributed by atoms with Crippen LogP contribution in [0.4, 0.5) is 4.79 Å². The van der Waals surface area contributed by atoms with Crippen LogP contribution in [0.15, 0.2) is 48.5 Å². The summed E-state index contributed by atoms with van der Waals surface area (Å²) in [6.45, 7) is 0.606. The van der Waals surface area contributed by atoms with Gasteiger partial charge < -0.3 is 10.1 Å². The van der Waals surface area contributed by atoms with Crippen molar-refractivity contribution in [3.05, 3.63) is 70.8 Å². The quantitative estimate of drug-likeness (QED) is 0.441. The number of rotatable bonds is 6. The number of hydrogen-bond donors (Lipinski definition) is 1. The van der Waals surface area contributed by atoms with Crippen molar-refractivity contribution in [3.63, 3.8) is 0 Å². The van der Waals surface area contributed by atoms with Gasteiger partial charge in [-0.3, -0.25) is 19.3 Å². The van der Waals surface area contributed by atoms with Gasteiger partial charge in [0.05, 0.1) is 0 Å². The highest BCUT2D eigenvalue weighted by Crippen LogP contribution is 2.28. The number of Topliss-reactive ketones (excluding diaryl/α,β-unsaturated/α-hetero) is 1. The van der Waals surface area contributed by atoms with Crippen molar-refractivity contribution < 1.29 is 23.9 Å². The number of urea groups is 1. The standard InChI is InChI=1S/C24H24N2O5/c1-24(19-9-3-2-4-10-19)22(29)26(23(30)25-24)14-21(28)31-15-20(27)18-12-11-16-7-5-6-8-17(16)13-18/h2-4,9-13H,5-8,14-15H2,1H3,(H,25,30)/t24-/m1/s1. The SMILES string of the molecule is C[C@]1(c2ccccc2)NC(=O)N(CC(=O)OCC(=O)c2ccc3c(c2)CCCC3)C1=O. The monoisotopic (exact) mass is 420 g/mol. The fourth-order valence-corrected chi connectivity index (χ4v) is 4.12. The number of carbonyl (C=O) groups is 4. The Labute approximate surface area is 180 Å². The highest BCUT2D eigenvalue weighted by atomic mass is 16.5. The van der Waals surface area contributed by atoms with E-state index in [4.69, 9.17) is 4.74 Å². The minimum absolute atomic E-state index is 0.312. The molecule has 0 radical (unpaired) electrons. The van der Waals surface area contributed by atoms with Gasteiger partial charge in [0.1, 0.15) is 12.1 Å². The second kappa shape index (κ2) is 8.34. The van der Waals surface area contributed by atoms with E-state index in [-0.39, 0.29) is 5.78 Å². The van der Waals surface area contributed by atoms with E-state index in [0.717, 1.165) is 30.6 Å². The summed E-state index contributed by atoms with van der Waals surface area (Å²) >= 11 is 0. The number of benzene rings is 2. The van der Waals surface area contributed by atoms with Crippen molar-refractivity contribution in [2.24, 2.45) is 0 Å². The maximum atomic E-state index is 12.8. The van der Waals surface area contributed by atoms with Crippen molar-refractivity contribution in [2.45, 2.75) is 38.1 Å². The van der Waals surface area contributed by atoms with Crippen LogP contribution in [0.2, 0.25) is 0 Å². The van der Waals surface area contributed by atoms with Crippen molar-refractivity contribution in [2.75, 3.05) is 13.2 Å². The van der Waals surface area contributed by atoms with E-state index < -0.39 is 36.6 Å². The van der Waals surface area contributed by atoms with Crippen LogP contribution in [0.25, 0.3) is 0 Å². The summed E-state index contributed by atoms with van der Waals surface area (Å²) in [4.78, 5) is 50.7. The molecule has 0 saturated carbocycles. The van der Waals surface area contributed by atoms with Crippen LogP contribution in [-0.2, 0) is 32.7 Å². The molecule has 160 valence electrons. The highest BCUT2D eigenvalue weighted by Gasteiger charge is 2.49. The van der Waals surface area contributed by atoms with Gasteiger partial charge in [0.25, 0.3) is 5.91 Å². The first-order valence-corrected chi connectivity index (χ1v) is 10.4. The number of esters is 1. The van der Waals surface area contributed by atoms with E-state index >= 15 is 0 Å². The van der Waals surface area contributed by atoms with Crippen molar-refractivity contribution in [1.29, 1.82) is 0 Å². The summed E-state index contributed by atoms with van der Waals surface area (Å²) < 4.78 is 5.07. The molecule has 2 aromatic rings. The Hall–Kier alpha value is -3.48. The van der Waals surface area contributed by atoms with Gasteiger partial charge in [-0.05, 0) is 55.4 Å². The average molecular weight is 420 g/mol. The Kier molecular flexibility index (Phi) is 5.59. The van der Waals surface area contributed by atoms with Gasteiger partial charge in [0.2, 0.25) is 0 Å². The molecule has 1 saturated heterocycles. The molecule has 0 unspecified atom stereocenters. The third-order valence-electron chi connectivity index (χ3n) is 5.95. The summed E-state index contributed by atoms with van der Waals surface area (Å²) in [7, 11) is 0. The van der Waals surface area contributed by atoms with Crippen molar-refractivity contribution >= 4 is 23.7 Å². The Balaban J connectivity index is 1.36. The van der Waals surface area contributed by atoms with Gasteiger partial charge in [-0.15, -0.1) is 0 Å². The first-order chi connectivity index (χ1) is 14.9. The number of hydrogen-bond acceptors (Lipinski definition) is 5. The Bertz CT molecular complexity index is 1050. The molecule has 1 N–H and O–H groups in total. The van der Waals surface area contributed by atoms with Crippen LogP contribution < -0.4 is 5.32 Å². The molecular weight excluding hydrogens is 396 g/mol. The maximum Gasteiger partial charge on any atom is 0.326 e. The van der Waals surface area contributed by atoms with E-state index in [2.05, 4.69) is 5.32 Å². The number of ether oxygens (including phenoxy) is 1. The average Bonchev–Trinajstić information content (AvgIpc) is 3.01. The summed E-state index contributed by atoms with van der Waals surface area (Å²) in [6.07, 6.45) is 4.23. The molecule has 1 heterocycles. The Morgan fingerprint density at radius 2 is 1.74 bits per heavy atom. The van der Waals surface area contributed by atoms with Crippen LogP contribution >= 0.6 is 0 Å². The molecule has 0 spiro atoms. The molecule has 3 amide bonds. The third-order valence-corrected chi connectivity index (χ3v) is 5.95. The fourth-order valence-electron chi connectivity index (χ4n) is 4.12. The molecule has 1 fully saturated rings. The summed E-state index contributed by atoms with van der Waals surface area (Å²) in [5.41, 5.74) is 2.30. The smallest absolute Gasteiger partial charge is 0.326 e. The first kappa shape index (κ1) is 20.8. The largest absolute Gasteiger partial charge is 0.456 e. The van der Waals surface area contributed by atoms with E-state index in [1.807, 2.05) is 18.2 Å². The lowest BCUT2D eigenvalue weighted by molar-refractivity contribution is -0.146. The van der Waals surface area contributed by atoms with E-state index in [1.165, 1.54) is 11.1 Å². The number of nitrogens with one attached hydrogen (secondary N) is 1. The first-order valence-electron chi connectivity index (χ1n) is 10.4. The van der Waals surface area contributed by atoms with Crippen molar-refractivity contribution in [3.8, 4) is 0 Å². The van der Waals surface area contributed by atoms with Gasteiger partial charge in [0, 0.05) is 5.56 Å².